The highest BCUT2D eigenvalue weighted by molar-refractivity contribution is 5.64. The summed E-state index contributed by atoms with van der Waals surface area (Å²) in [7, 11) is 0. The molecule has 0 aliphatic heterocycles. The highest BCUT2D eigenvalue weighted by Gasteiger charge is 2.26. The molecule has 7 heteroatoms. The molecule has 0 saturated heterocycles. The second-order valence-electron chi connectivity index (χ2n) is 3.46. The van der Waals surface area contributed by atoms with Gasteiger partial charge in [-0.3, -0.25) is 0 Å². The molecule has 1 rings (SSSR count). The zero-order chi connectivity index (χ0) is 12.3. The van der Waals surface area contributed by atoms with E-state index in [4.69, 9.17) is 5.73 Å². The van der Waals surface area contributed by atoms with Crippen molar-refractivity contribution in [3.63, 3.8) is 0 Å². The summed E-state index contributed by atoms with van der Waals surface area (Å²) in [6, 6.07) is 0. The molecule has 1 heterocycles. The van der Waals surface area contributed by atoms with Gasteiger partial charge in [-0.25, -0.2) is 4.68 Å². The van der Waals surface area contributed by atoms with Crippen LogP contribution in [0, 0.1) is 6.92 Å². The average Bonchev–Trinajstić information content (AvgIpc) is 2.43. The van der Waals surface area contributed by atoms with E-state index in [1.54, 1.807) is 11.6 Å². The lowest BCUT2D eigenvalue weighted by Crippen LogP contribution is -2.17. The maximum Gasteiger partial charge on any atom is 0.390 e. The molecule has 92 valence electrons. The van der Waals surface area contributed by atoms with Gasteiger partial charge in [0.05, 0.1) is 17.8 Å². The number of nitrogens with zero attached hydrogens (tertiary/aromatic N) is 2. The number of rotatable bonds is 4. The van der Waals surface area contributed by atoms with Crippen LogP contribution in [0.2, 0.25) is 0 Å². The fourth-order valence-corrected chi connectivity index (χ4v) is 1.33. The molecule has 0 aromatic carbocycles. The van der Waals surface area contributed by atoms with Crippen molar-refractivity contribution in [1.29, 1.82) is 0 Å². The van der Waals surface area contributed by atoms with Gasteiger partial charge < -0.3 is 11.1 Å². The van der Waals surface area contributed by atoms with Crippen molar-refractivity contribution >= 4 is 11.5 Å². The molecule has 0 fully saturated rings. The first-order valence-electron chi connectivity index (χ1n) is 4.98. The normalized spacial score (nSPS) is 11.8. The van der Waals surface area contributed by atoms with Crippen LogP contribution in [0.15, 0.2) is 0 Å². The topological polar surface area (TPSA) is 55.9 Å². The van der Waals surface area contributed by atoms with Gasteiger partial charge in [0, 0.05) is 13.1 Å². The lowest BCUT2D eigenvalue weighted by atomic mass is 10.3. The number of hydrogen-bond donors (Lipinski definition) is 2. The number of hydrogen-bond acceptors (Lipinski definition) is 3. The monoisotopic (exact) mass is 236 g/mol. The molecular weight excluding hydrogens is 221 g/mol. The summed E-state index contributed by atoms with van der Waals surface area (Å²) in [4.78, 5) is 0. The molecule has 1 aromatic heterocycles. The molecule has 0 radical (unpaired) electrons. The van der Waals surface area contributed by atoms with Gasteiger partial charge in [0.15, 0.2) is 0 Å². The molecule has 0 atom stereocenters. The van der Waals surface area contributed by atoms with E-state index >= 15 is 0 Å². The summed E-state index contributed by atoms with van der Waals surface area (Å²) in [5.41, 5.74) is 6.73. The van der Waals surface area contributed by atoms with Crippen LogP contribution in [0.1, 0.15) is 19.0 Å². The van der Waals surface area contributed by atoms with Crippen LogP contribution in [-0.2, 0) is 6.54 Å². The molecule has 0 bridgehead atoms. The fourth-order valence-electron chi connectivity index (χ4n) is 1.33. The number of halogens is 3. The zero-order valence-electron chi connectivity index (χ0n) is 9.23. The Morgan fingerprint density at radius 1 is 1.44 bits per heavy atom. The van der Waals surface area contributed by atoms with E-state index in [9.17, 15) is 13.2 Å². The van der Waals surface area contributed by atoms with Crippen molar-refractivity contribution in [1.82, 2.24) is 9.78 Å². The average molecular weight is 236 g/mol. The van der Waals surface area contributed by atoms with Crippen LogP contribution in [-0.4, -0.2) is 22.5 Å². The summed E-state index contributed by atoms with van der Waals surface area (Å²) in [5, 5.41) is 6.76. The van der Waals surface area contributed by atoms with Crippen molar-refractivity contribution in [3.05, 3.63) is 5.69 Å². The van der Waals surface area contributed by atoms with Gasteiger partial charge in [-0.1, -0.05) is 0 Å². The fraction of sp³-hybridized carbons (Fsp3) is 0.667. The number of aromatic nitrogens is 2. The highest BCUT2D eigenvalue weighted by Crippen LogP contribution is 2.24. The summed E-state index contributed by atoms with van der Waals surface area (Å²) in [5.74, 6) is 0.462. The number of nitrogens with one attached hydrogen (secondary N) is 1. The Morgan fingerprint density at radius 3 is 2.56 bits per heavy atom. The summed E-state index contributed by atoms with van der Waals surface area (Å²) < 4.78 is 37.4. The first kappa shape index (κ1) is 12.7. The molecular formula is C9H15F3N4. The van der Waals surface area contributed by atoms with E-state index in [1.165, 1.54) is 0 Å². The van der Waals surface area contributed by atoms with Crippen molar-refractivity contribution < 1.29 is 13.2 Å². The van der Waals surface area contributed by atoms with Gasteiger partial charge in [0.25, 0.3) is 0 Å². The third-order valence-corrected chi connectivity index (χ3v) is 2.17. The van der Waals surface area contributed by atoms with Crippen LogP contribution in [0.3, 0.4) is 0 Å². The molecule has 16 heavy (non-hydrogen) atoms. The summed E-state index contributed by atoms with van der Waals surface area (Å²) >= 11 is 0. The van der Waals surface area contributed by atoms with E-state index in [0.717, 1.165) is 0 Å². The number of alkyl halides is 3. The third-order valence-electron chi connectivity index (χ3n) is 2.17. The number of aryl methyl sites for hydroxylation is 2. The van der Waals surface area contributed by atoms with Gasteiger partial charge in [0.2, 0.25) is 0 Å². The highest BCUT2D eigenvalue weighted by atomic mass is 19.4. The Bertz CT molecular complexity index is 356. The van der Waals surface area contributed by atoms with Crippen LogP contribution < -0.4 is 11.1 Å². The molecule has 0 unspecified atom stereocenters. The molecule has 4 nitrogen and oxygen atoms in total. The number of nitrogen functional groups attached to an aromatic ring is 1. The van der Waals surface area contributed by atoms with Gasteiger partial charge >= 0.3 is 6.18 Å². The SMILES string of the molecule is CCn1nc(C)c(N)c1NCCC(F)(F)F. The van der Waals surface area contributed by atoms with Crippen LogP contribution in [0.5, 0.6) is 0 Å². The zero-order valence-corrected chi connectivity index (χ0v) is 9.23. The van der Waals surface area contributed by atoms with Crippen LogP contribution >= 0.6 is 0 Å². The molecule has 1 aromatic rings. The molecule has 0 spiro atoms. The predicted octanol–water partition coefficient (Wildman–Crippen LogP) is 2.16. The Hall–Kier alpha value is -1.40. The maximum atomic E-state index is 12.0. The third kappa shape index (κ3) is 3.04. The van der Waals surface area contributed by atoms with E-state index in [2.05, 4.69) is 10.4 Å². The summed E-state index contributed by atoms with van der Waals surface area (Å²) in [6.07, 6.45) is -5.05. The van der Waals surface area contributed by atoms with Gasteiger partial charge in [-0.15, -0.1) is 0 Å². The molecule has 3 N–H and O–H groups in total. The standard InChI is InChI=1S/C9H15F3N4/c1-3-16-8(7(13)6(2)15-16)14-5-4-9(10,11)12/h14H,3-5,13H2,1-2H3. The van der Waals surface area contributed by atoms with E-state index in [-0.39, 0.29) is 6.54 Å². The molecule has 0 aliphatic rings. The van der Waals surface area contributed by atoms with Gasteiger partial charge in [-0.2, -0.15) is 18.3 Å². The quantitative estimate of drug-likeness (QED) is 0.842. The number of anilines is 2. The lowest BCUT2D eigenvalue weighted by molar-refractivity contribution is -0.131. The first-order chi connectivity index (χ1) is 7.35. The van der Waals surface area contributed by atoms with Crippen molar-refractivity contribution in [2.45, 2.75) is 33.0 Å². The van der Waals surface area contributed by atoms with E-state index < -0.39 is 12.6 Å². The Balaban J connectivity index is 2.66. The second kappa shape index (κ2) is 4.63. The van der Waals surface area contributed by atoms with Crippen LogP contribution in [0.4, 0.5) is 24.7 Å². The number of nitrogens with two attached hydrogens (primary N) is 1. The Kier molecular flexibility index (Phi) is 3.66. The Labute approximate surface area is 91.6 Å². The largest absolute Gasteiger partial charge is 0.394 e. The van der Waals surface area contributed by atoms with E-state index in [1.807, 2.05) is 6.92 Å². The van der Waals surface area contributed by atoms with Crippen molar-refractivity contribution in [3.8, 4) is 0 Å². The van der Waals surface area contributed by atoms with Crippen molar-refractivity contribution in [2.75, 3.05) is 17.6 Å². The maximum absolute atomic E-state index is 12.0. The summed E-state index contributed by atoms with van der Waals surface area (Å²) in [6.45, 7) is 3.93. The first-order valence-corrected chi connectivity index (χ1v) is 4.98. The minimum Gasteiger partial charge on any atom is -0.394 e. The van der Waals surface area contributed by atoms with Gasteiger partial charge in [-0.05, 0) is 13.8 Å². The minimum atomic E-state index is -4.16. The lowest BCUT2D eigenvalue weighted by Gasteiger charge is -2.10. The molecule has 0 amide bonds. The van der Waals surface area contributed by atoms with E-state index in [0.29, 0.717) is 23.7 Å². The van der Waals surface area contributed by atoms with Crippen LogP contribution in [0.25, 0.3) is 0 Å². The van der Waals surface area contributed by atoms with Gasteiger partial charge in [0.1, 0.15) is 5.82 Å². The predicted molar refractivity (Wildman–Crippen MR) is 56.2 cm³/mol. The smallest absolute Gasteiger partial charge is 0.390 e. The minimum absolute atomic E-state index is 0.196. The molecule has 0 aliphatic carbocycles. The molecule has 0 saturated carbocycles. The Morgan fingerprint density at radius 2 is 2.06 bits per heavy atom. The second-order valence-corrected chi connectivity index (χ2v) is 3.46. The van der Waals surface area contributed by atoms with Crippen molar-refractivity contribution in [2.24, 2.45) is 0 Å².